The zero-order valence-electron chi connectivity index (χ0n) is 17.2. The summed E-state index contributed by atoms with van der Waals surface area (Å²) < 4.78 is 12.5. The standard InChI is InChI=1S/C22H25BrN4O4/c1-30-19-13-18-17(12-20(19)31-11-5-3-2-4-6-21(28)27-29)22(25-14-24-18)26-16-9-7-15(23)8-10-16/h7-10,12-14,29H,2-6,11H2,1H3,(H,27,28)(H,24,25,26). The molecular formula is C22H25BrN4O4. The second-order valence-corrected chi connectivity index (χ2v) is 7.84. The van der Waals surface area contributed by atoms with Crippen molar-refractivity contribution in [2.45, 2.75) is 32.1 Å². The van der Waals surface area contributed by atoms with Gasteiger partial charge in [-0.05, 0) is 43.2 Å². The van der Waals surface area contributed by atoms with Gasteiger partial charge in [0.05, 0.1) is 19.2 Å². The highest BCUT2D eigenvalue weighted by Crippen LogP contribution is 2.35. The molecule has 0 aliphatic rings. The topological polar surface area (TPSA) is 106 Å². The van der Waals surface area contributed by atoms with Crippen LogP contribution in [0.1, 0.15) is 32.1 Å². The van der Waals surface area contributed by atoms with E-state index in [9.17, 15) is 4.79 Å². The molecule has 0 aliphatic heterocycles. The fourth-order valence-corrected chi connectivity index (χ4v) is 3.35. The largest absolute Gasteiger partial charge is 0.493 e. The van der Waals surface area contributed by atoms with Crippen molar-refractivity contribution in [3.63, 3.8) is 0 Å². The smallest absolute Gasteiger partial charge is 0.243 e. The molecule has 164 valence electrons. The number of ether oxygens (including phenoxy) is 2. The minimum atomic E-state index is -0.355. The molecule has 0 radical (unpaired) electrons. The number of halogens is 1. The van der Waals surface area contributed by atoms with Crippen LogP contribution in [0.2, 0.25) is 0 Å². The maximum Gasteiger partial charge on any atom is 0.243 e. The Morgan fingerprint density at radius 2 is 1.84 bits per heavy atom. The van der Waals surface area contributed by atoms with Gasteiger partial charge in [-0.25, -0.2) is 15.4 Å². The number of aromatic nitrogens is 2. The van der Waals surface area contributed by atoms with Crippen molar-refractivity contribution in [3.05, 3.63) is 47.2 Å². The lowest BCUT2D eigenvalue weighted by Gasteiger charge is -2.14. The van der Waals surface area contributed by atoms with Crippen molar-refractivity contribution in [2.24, 2.45) is 0 Å². The van der Waals surface area contributed by atoms with Crippen molar-refractivity contribution < 1.29 is 19.5 Å². The summed E-state index contributed by atoms with van der Waals surface area (Å²) in [5, 5.41) is 12.6. The van der Waals surface area contributed by atoms with E-state index in [-0.39, 0.29) is 5.91 Å². The van der Waals surface area contributed by atoms with Crippen LogP contribution in [-0.2, 0) is 4.79 Å². The first-order valence-electron chi connectivity index (χ1n) is 10.0. The van der Waals surface area contributed by atoms with Gasteiger partial charge < -0.3 is 14.8 Å². The molecule has 2 aromatic carbocycles. The van der Waals surface area contributed by atoms with Crippen molar-refractivity contribution in [2.75, 3.05) is 19.0 Å². The van der Waals surface area contributed by atoms with Crippen LogP contribution in [0, 0.1) is 0 Å². The van der Waals surface area contributed by atoms with Gasteiger partial charge in [-0.3, -0.25) is 10.0 Å². The summed E-state index contributed by atoms with van der Waals surface area (Å²) in [4.78, 5) is 19.7. The van der Waals surface area contributed by atoms with Crippen LogP contribution in [0.25, 0.3) is 10.9 Å². The Hall–Kier alpha value is -2.91. The molecule has 0 spiro atoms. The van der Waals surface area contributed by atoms with Crippen molar-refractivity contribution >= 4 is 44.2 Å². The van der Waals surface area contributed by atoms with Gasteiger partial charge in [0.1, 0.15) is 12.1 Å². The number of amides is 1. The first-order chi connectivity index (χ1) is 15.1. The molecule has 0 unspecified atom stereocenters. The molecule has 1 aromatic heterocycles. The molecular weight excluding hydrogens is 464 g/mol. The van der Waals surface area contributed by atoms with Crippen LogP contribution < -0.4 is 20.3 Å². The number of methoxy groups -OCH3 is 1. The van der Waals surface area contributed by atoms with Gasteiger partial charge in [-0.15, -0.1) is 0 Å². The quantitative estimate of drug-likeness (QED) is 0.198. The second kappa shape index (κ2) is 11.5. The molecule has 8 nitrogen and oxygen atoms in total. The lowest BCUT2D eigenvalue weighted by molar-refractivity contribution is -0.129. The number of rotatable bonds is 11. The van der Waals surface area contributed by atoms with E-state index in [4.69, 9.17) is 14.7 Å². The zero-order chi connectivity index (χ0) is 22.1. The van der Waals surface area contributed by atoms with Gasteiger partial charge in [0.2, 0.25) is 5.91 Å². The number of fused-ring (bicyclic) bond motifs is 1. The summed E-state index contributed by atoms with van der Waals surface area (Å²) >= 11 is 3.44. The van der Waals surface area contributed by atoms with E-state index < -0.39 is 0 Å². The Morgan fingerprint density at radius 1 is 1.06 bits per heavy atom. The van der Waals surface area contributed by atoms with Crippen molar-refractivity contribution in [1.29, 1.82) is 0 Å². The number of hydrogen-bond acceptors (Lipinski definition) is 7. The zero-order valence-corrected chi connectivity index (χ0v) is 18.8. The highest BCUT2D eigenvalue weighted by Gasteiger charge is 2.12. The molecule has 0 atom stereocenters. The van der Waals surface area contributed by atoms with E-state index in [1.807, 2.05) is 36.4 Å². The van der Waals surface area contributed by atoms with E-state index in [2.05, 4.69) is 31.2 Å². The van der Waals surface area contributed by atoms with Gasteiger partial charge in [0.15, 0.2) is 11.5 Å². The van der Waals surface area contributed by atoms with Gasteiger partial charge in [-0.2, -0.15) is 0 Å². The number of carbonyl (C=O) groups is 1. The number of nitrogens with zero attached hydrogens (tertiary/aromatic N) is 2. The van der Waals surface area contributed by atoms with Gasteiger partial charge >= 0.3 is 0 Å². The third kappa shape index (κ3) is 6.53. The first kappa shape index (κ1) is 22.8. The number of nitrogens with one attached hydrogen (secondary N) is 2. The number of carbonyl (C=O) groups excluding carboxylic acids is 1. The monoisotopic (exact) mass is 488 g/mol. The molecule has 0 saturated carbocycles. The first-order valence-corrected chi connectivity index (χ1v) is 10.8. The van der Waals surface area contributed by atoms with E-state index in [1.54, 1.807) is 12.6 Å². The van der Waals surface area contributed by atoms with Crippen LogP contribution in [0.4, 0.5) is 11.5 Å². The predicted molar refractivity (Wildman–Crippen MR) is 122 cm³/mol. The molecule has 0 aliphatic carbocycles. The summed E-state index contributed by atoms with van der Waals surface area (Å²) in [5.41, 5.74) is 3.31. The third-order valence-corrected chi connectivity index (χ3v) is 5.24. The van der Waals surface area contributed by atoms with E-state index in [1.165, 1.54) is 6.33 Å². The van der Waals surface area contributed by atoms with Crippen LogP contribution in [0.3, 0.4) is 0 Å². The highest BCUT2D eigenvalue weighted by molar-refractivity contribution is 9.10. The van der Waals surface area contributed by atoms with Crippen LogP contribution >= 0.6 is 15.9 Å². The second-order valence-electron chi connectivity index (χ2n) is 6.92. The number of benzene rings is 2. The van der Waals surface area contributed by atoms with Crippen molar-refractivity contribution in [1.82, 2.24) is 15.4 Å². The molecule has 31 heavy (non-hydrogen) atoms. The maximum atomic E-state index is 11.0. The predicted octanol–water partition coefficient (Wildman–Crippen LogP) is 4.98. The molecule has 0 fully saturated rings. The number of anilines is 2. The van der Waals surface area contributed by atoms with Crippen LogP contribution in [0.15, 0.2) is 47.2 Å². The molecule has 1 amide bonds. The van der Waals surface area contributed by atoms with Gasteiger partial charge in [0, 0.05) is 28.0 Å². The Kier molecular flexibility index (Phi) is 8.43. The number of unbranched alkanes of at least 4 members (excludes halogenated alkanes) is 3. The average molecular weight is 489 g/mol. The third-order valence-electron chi connectivity index (χ3n) is 4.71. The fraction of sp³-hybridized carbons (Fsp3) is 0.318. The van der Waals surface area contributed by atoms with Crippen LogP contribution in [-0.4, -0.2) is 34.8 Å². The molecule has 3 aromatic rings. The molecule has 3 N–H and O–H groups in total. The SMILES string of the molecule is COc1cc2ncnc(Nc3ccc(Br)cc3)c2cc1OCCCCCCC(=O)NO. The fourth-order valence-electron chi connectivity index (χ4n) is 3.09. The Labute approximate surface area is 189 Å². The minimum absolute atomic E-state index is 0.323. The van der Waals surface area contributed by atoms with Gasteiger partial charge in [0.25, 0.3) is 0 Å². The summed E-state index contributed by atoms with van der Waals surface area (Å²) in [6.07, 6.45) is 5.23. The maximum absolute atomic E-state index is 11.0. The van der Waals surface area contributed by atoms with Crippen molar-refractivity contribution in [3.8, 4) is 11.5 Å². The van der Waals surface area contributed by atoms with E-state index in [0.717, 1.165) is 46.7 Å². The highest BCUT2D eigenvalue weighted by atomic mass is 79.9. The molecule has 1 heterocycles. The van der Waals surface area contributed by atoms with E-state index in [0.29, 0.717) is 30.3 Å². The summed E-state index contributed by atoms with van der Waals surface area (Å²) in [6, 6.07) is 11.6. The lowest BCUT2D eigenvalue weighted by atomic mass is 10.1. The Bertz CT molecular complexity index is 1010. The Balaban J connectivity index is 1.66. The molecule has 0 saturated heterocycles. The number of hydrogen-bond donors (Lipinski definition) is 3. The summed E-state index contributed by atoms with van der Waals surface area (Å²) in [5.74, 6) is 1.57. The van der Waals surface area contributed by atoms with Gasteiger partial charge in [-0.1, -0.05) is 28.8 Å². The van der Waals surface area contributed by atoms with E-state index >= 15 is 0 Å². The minimum Gasteiger partial charge on any atom is -0.493 e. The Morgan fingerprint density at radius 3 is 2.58 bits per heavy atom. The summed E-state index contributed by atoms with van der Waals surface area (Å²) in [7, 11) is 1.60. The number of hydroxylamine groups is 1. The lowest BCUT2D eigenvalue weighted by Crippen LogP contribution is -2.17. The average Bonchev–Trinajstić information content (AvgIpc) is 2.79. The molecule has 9 heteroatoms. The van der Waals surface area contributed by atoms with Crippen LogP contribution in [0.5, 0.6) is 11.5 Å². The summed E-state index contributed by atoms with van der Waals surface area (Å²) in [6.45, 7) is 0.525. The normalized spacial score (nSPS) is 10.7. The molecule has 0 bridgehead atoms. The molecule has 3 rings (SSSR count).